The van der Waals surface area contributed by atoms with Gasteiger partial charge in [-0.05, 0) is 50.9 Å². The number of halogens is 3. The van der Waals surface area contributed by atoms with Crippen molar-refractivity contribution in [2.75, 3.05) is 13.7 Å². The lowest BCUT2D eigenvalue weighted by Crippen LogP contribution is -2.52. The Morgan fingerprint density at radius 2 is 2.04 bits per heavy atom. The molecule has 1 aromatic carbocycles. The van der Waals surface area contributed by atoms with E-state index in [4.69, 9.17) is 4.74 Å². The largest absolute Gasteiger partial charge is 0.573 e. The molecule has 0 heterocycles. The summed E-state index contributed by atoms with van der Waals surface area (Å²) >= 11 is 0. The predicted octanol–water partition coefficient (Wildman–Crippen LogP) is 3.89. The Balaban J connectivity index is 2.04. The molecule has 1 aliphatic carbocycles. The zero-order valence-corrected chi connectivity index (χ0v) is 13.9. The number of alkyl halides is 3. The molecule has 0 amide bonds. The van der Waals surface area contributed by atoms with Crippen LogP contribution in [-0.2, 0) is 16.1 Å². The van der Waals surface area contributed by atoms with Crippen LogP contribution < -0.4 is 4.74 Å². The van der Waals surface area contributed by atoms with Gasteiger partial charge in [0.1, 0.15) is 5.75 Å². The summed E-state index contributed by atoms with van der Waals surface area (Å²) in [6.07, 6.45) is -1.62. The van der Waals surface area contributed by atoms with Crippen LogP contribution in [0.2, 0.25) is 0 Å². The zero-order valence-electron chi connectivity index (χ0n) is 13.9. The third-order valence-corrected chi connectivity index (χ3v) is 4.42. The van der Waals surface area contributed by atoms with Crippen molar-refractivity contribution < 1.29 is 27.4 Å². The van der Waals surface area contributed by atoms with Gasteiger partial charge in [-0.15, -0.1) is 13.2 Å². The van der Waals surface area contributed by atoms with Gasteiger partial charge in [0.25, 0.3) is 0 Å². The minimum absolute atomic E-state index is 0.235. The topological polar surface area (TPSA) is 38.8 Å². The quantitative estimate of drug-likeness (QED) is 0.703. The molecule has 0 aliphatic heterocycles. The van der Waals surface area contributed by atoms with Gasteiger partial charge >= 0.3 is 12.3 Å². The van der Waals surface area contributed by atoms with Crippen molar-refractivity contribution in [1.82, 2.24) is 4.90 Å². The van der Waals surface area contributed by atoms with Crippen molar-refractivity contribution in [2.24, 2.45) is 0 Å². The average molecular weight is 345 g/mol. The molecule has 0 radical (unpaired) electrons. The molecule has 1 aromatic rings. The van der Waals surface area contributed by atoms with Gasteiger partial charge in [0.2, 0.25) is 0 Å². The first-order valence-corrected chi connectivity index (χ1v) is 7.96. The normalized spacial score (nSPS) is 16.6. The van der Waals surface area contributed by atoms with Crippen LogP contribution in [0.3, 0.4) is 0 Å². The molecule has 4 nitrogen and oxygen atoms in total. The van der Waals surface area contributed by atoms with Crippen molar-refractivity contribution in [1.29, 1.82) is 0 Å². The number of hydrogen-bond acceptors (Lipinski definition) is 4. The van der Waals surface area contributed by atoms with E-state index in [1.165, 1.54) is 18.2 Å². The van der Waals surface area contributed by atoms with Crippen LogP contribution in [0.15, 0.2) is 24.3 Å². The maximum absolute atomic E-state index is 12.3. The molecule has 134 valence electrons. The van der Waals surface area contributed by atoms with E-state index >= 15 is 0 Å². The van der Waals surface area contributed by atoms with E-state index in [1.807, 2.05) is 11.9 Å². The molecule has 0 atom stereocenters. The number of carbonyl (C=O) groups is 1. The second-order valence-electron chi connectivity index (χ2n) is 6.11. The Morgan fingerprint density at radius 1 is 1.33 bits per heavy atom. The third-order valence-electron chi connectivity index (χ3n) is 4.42. The highest BCUT2D eigenvalue weighted by Gasteiger charge is 2.42. The van der Waals surface area contributed by atoms with E-state index in [2.05, 4.69) is 4.74 Å². The fourth-order valence-electron chi connectivity index (χ4n) is 3.04. The lowest BCUT2D eigenvalue weighted by Gasteiger charge is -2.48. The highest BCUT2D eigenvalue weighted by molar-refractivity contribution is 5.71. The minimum atomic E-state index is -4.70. The number of rotatable bonds is 7. The molecule has 0 unspecified atom stereocenters. The predicted molar refractivity (Wildman–Crippen MR) is 82.4 cm³/mol. The summed E-state index contributed by atoms with van der Waals surface area (Å²) in [6, 6.07) is 5.93. The van der Waals surface area contributed by atoms with E-state index in [0.29, 0.717) is 25.1 Å². The second kappa shape index (κ2) is 7.42. The van der Waals surface area contributed by atoms with Gasteiger partial charge in [-0.1, -0.05) is 12.1 Å². The SMILES string of the molecule is CCOC(=O)CC1(N(C)Cc2cccc(OC(F)(F)F)c2)CCC1. The molecular formula is C17H22F3NO3. The first-order valence-electron chi connectivity index (χ1n) is 7.96. The lowest BCUT2D eigenvalue weighted by atomic mass is 9.73. The maximum atomic E-state index is 12.3. The Kier molecular flexibility index (Phi) is 5.74. The Morgan fingerprint density at radius 3 is 2.58 bits per heavy atom. The van der Waals surface area contributed by atoms with Gasteiger partial charge < -0.3 is 9.47 Å². The van der Waals surface area contributed by atoms with Crippen molar-refractivity contribution in [3.8, 4) is 5.75 Å². The van der Waals surface area contributed by atoms with E-state index in [1.54, 1.807) is 13.0 Å². The van der Waals surface area contributed by atoms with E-state index in [-0.39, 0.29) is 17.3 Å². The zero-order chi connectivity index (χ0) is 17.8. The Labute approximate surface area is 139 Å². The van der Waals surface area contributed by atoms with Gasteiger partial charge in [0, 0.05) is 12.1 Å². The second-order valence-corrected chi connectivity index (χ2v) is 6.11. The summed E-state index contributed by atoms with van der Waals surface area (Å²) in [5, 5.41) is 0. The summed E-state index contributed by atoms with van der Waals surface area (Å²) < 4.78 is 46.0. The summed E-state index contributed by atoms with van der Waals surface area (Å²) in [5.41, 5.74) is 0.432. The fraction of sp³-hybridized carbons (Fsp3) is 0.588. The summed E-state index contributed by atoms with van der Waals surface area (Å²) in [4.78, 5) is 13.9. The smallest absolute Gasteiger partial charge is 0.466 e. The first-order chi connectivity index (χ1) is 11.2. The Bertz CT molecular complexity index is 570. The molecule has 0 aromatic heterocycles. The molecule has 0 N–H and O–H groups in total. The van der Waals surface area contributed by atoms with Gasteiger partial charge in [0.15, 0.2) is 0 Å². The van der Waals surface area contributed by atoms with Gasteiger partial charge in [-0.25, -0.2) is 0 Å². The van der Waals surface area contributed by atoms with Crippen molar-refractivity contribution >= 4 is 5.97 Å². The highest BCUT2D eigenvalue weighted by atomic mass is 19.4. The summed E-state index contributed by atoms with van der Waals surface area (Å²) in [5.74, 6) is -0.473. The van der Waals surface area contributed by atoms with Gasteiger partial charge in [-0.2, -0.15) is 0 Å². The molecule has 1 fully saturated rings. The van der Waals surface area contributed by atoms with Crippen LogP contribution in [0.5, 0.6) is 5.75 Å². The van der Waals surface area contributed by atoms with Gasteiger partial charge in [0.05, 0.1) is 13.0 Å². The molecule has 2 rings (SSSR count). The van der Waals surface area contributed by atoms with E-state index in [9.17, 15) is 18.0 Å². The number of ether oxygens (including phenoxy) is 2. The van der Waals surface area contributed by atoms with Crippen LogP contribution in [0, 0.1) is 0 Å². The molecule has 7 heteroatoms. The first kappa shape index (κ1) is 18.6. The van der Waals surface area contributed by atoms with Crippen LogP contribution in [0.4, 0.5) is 13.2 Å². The average Bonchev–Trinajstić information content (AvgIpc) is 2.41. The summed E-state index contributed by atoms with van der Waals surface area (Å²) in [7, 11) is 1.88. The minimum Gasteiger partial charge on any atom is -0.466 e. The molecule has 0 spiro atoms. The number of esters is 1. The van der Waals surface area contributed by atoms with Crippen LogP contribution >= 0.6 is 0 Å². The molecule has 1 saturated carbocycles. The molecule has 24 heavy (non-hydrogen) atoms. The summed E-state index contributed by atoms with van der Waals surface area (Å²) in [6.45, 7) is 2.55. The monoisotopic (exact) mass is 345 g/mol. The molecular weight excluding hydrogens is 323 g/mol. The van der Waals surface area contributed by atoms with Crippen LogP contribution in [0.25, 0.3) is 0 Å². The third kappa shape index (κ3) is 4.87. The van der Waals surface area contributed by atoms with E-state index in [0.717, 1.165) is 19.3 Å². The Hall–Kier alpha value is -1.76. The highest BCUT2D eigenvalue weighted by Crippen LogP contribution is 2.41. The maximum Gasteiger partial charge on any atom is 0.573 e. The van der Waals surface area contributed by atoms with Crippen molar-refractivity contribution in [3.05, 3.63) is 29.8 Å². The van der Waals surface area contributed by atoms with Crippen LogP contribution in [-0.4, -0.2) is 36.4 Å². The van der Waals surface area contributed by atoms with E-state index < -0.39 is 6.36 Å². The number of carbonyl (C=O) groups excluding carboxylic acids is 1. The molecule has 0 bridgehead atoms. The fourth-order valence-corrected chi connectivity index (χ4v) is 3.04. The molecule has 0 saturated heterocycles. The van der Waals surface area contributed by atoms with Crippen LogP contribution in [0.1, 0.15) is 38.2 Å². The molecule has 1 aliphatic rings. The standard InChI is InChI=1S/C17H22F3NO3/c1-3-23-15(22)11-16(8-5-9-16)21(2)12-13-6-4-7-14(10-13)24-17(18,19)20/h4,6-7,10H,3,5,8-9,11-12H2,1-2H3. The number of benzene rings is 1. The lowest BCUT2D eigenvalue weighted by molar-refractivity contribution is -0.274. The number of nitrogens with zero attached hydrogens (tertiary/aromatic N) is 1. The number of hydrogen-bond donors (Lipinski definition) is 0. The van der Waals surface area contributed by atoms with Gasteiger partial charge in [-0.3, -0.25) is 9.69 Å². The van der Waals surface area contributed by atoms with Crippen molar-refractivity contribution in [3.63, 3.8) is 0 Å². The van der Waals surface area contributed by atoms with Crippen molar-refractivity contribution in [2.45, 2.75) is 51.1 Å².